The summed E-state index contributed by atoms with van der Waals surface area (Å²) in [6.45, 7) is 24.3. The first kappa shape index (κ1) is 39.5. The molecule has 1 aliphatic carbocycles. The SMILES string of the molecule is C=CCCC(NC(=O)[C@@H]1C2C(CN1C(=O)[C@@H](NC(=O)OC(C)(C)C)C(C)(C)C)C2(C)C)C(=O)C(=O)NCCCNC(=O)OC(C)(C)C. The molecule has 0 aromatic rings. The van der Waals surface area contributed by atoms with Crippen LogP contribution in [0.2, 0.25) is 0 Å². The molecular weight excluding hydrogens is 606 g/mol. The number of hydrogen-bond acceptors (Lipinski definition) is 8. The first-order valence-corrected chi connectivity index (χ1v) is 16.4. The zero-order valence-corrected chi connectivity index (χ0v) is 30.1. The Bertz CT molecular complexity index is 1210. The zero-order valence-electron chi connectivity index (χ0n) is 30.1. The number of amides is 5. The first-order chi connectivity index (χ1) is 21.4. The number of nitrogens with one attached hydrogen (secondary N) is 4. The van der Waals surface area contributed by atoms with Gasteiger partial charge in [0.15, 0.2) is 0 Å². The van der Waals surface area contributed by atoms with Crippen molar-refractivity contribution in [2.24, 2.45) is 22.7 Å². The molecule has 0 radical (unpaired) electrons. The molecule has 13 nitrogen and oxygen atoms in total. The van der Waals surface area contributed by atoms with E-state index in [0.29, 0.717) is 19.4 Å². The van der Waals surface area contributed by atoms with Crippen LogP contribution in [-0.4, -0.2) is 89.6 Å². The van der Waals surface area contributed by atoms with E-state index < -0.39 is 70.4 Å². The molecule has 2 rings (SSSR count). The van der Waals surface area contributed by atoms with Gasteiger partial charge in [-0.1, -0.05) is 40.7 Å². The molecule has 47 heavy (non-hydrogen) atoms. The highest BCUT2D eigenvalue weighted by Crippen LogP contribution is 2.65. The topological polar surface area (TPSA) is 172 Å². The van der Waals surface area contributed by atoms with Crippen LogP contribution in [0, 0.1) is 22.7 Å². The van der Waals surface area contributed by atoms with Gasteiger partial charge < -0.3 is 35.6 Å². The normalized spacial score (nSPS) is 21.3. The lowest BCUT2D eigenvalue weighted by Gasteiger charge is -2.38. The number of rotatable bonds is 13. The number of alkyl carbamates (subject to hydrolysis) is 2. The quantitative estimate of drug-likeness (QED) is 0.132. The third kappa shape index (κ3) is 11.2. The molecule has 0 spiro atoms. The maximum atomic E-state index is 14.1. The molecule has 5 atom stereocenters. The molecule has 4 N–H and O–H groups in total. The molecule has 1 aliphatic heterocycles. The fourth-order valence-electron chi connectivity index (χ4n) is 5.90. The van der Waals surface area contributed by atoms with Gasteiger partial charge in [-0.3, -0.25) is 19.2 Å². The Morgan fingerprint density at radius 2 is 1.43 bits per heavy atom. The Kier molecular flexibility index (Phi) is 12.7. The van der Waals surface area contributed by atoms with Crippen LogP contribution in [0.1, 0.15) is 95.4 Å². The fourth-order valence-corrected chi connectivity index (χ4v) is 5.90. The number of allylic oxidation sites excluding steroid dienone is 1. The lowest BCUT2D eigenvalue weighted by molar-refractivity contribution is -0.145. The van der Waals surface area contributed by atoms with Gasteiger partial charge in [-0.05, 0) is 83.5 Å². The van der Waals surface area contributed by atoms with Crippen molar-refractivity contribution in [1.29, 1.82) is 0 Å². The highest BCUT2D eigenvalue weighted by molar-refractivity contribution is 6.38. The summed E-state index contributed by atoms with van der Waals surface area (Å²) in [6.07, 6.45) is 1.13. The van der Waals surface area contributed by atoms with Crippen LogP contribution in [0.15, 0.2) is 12.7 Å². The van der Waals surface area contributed by atoms with Gasteiger partial charge in [0.1, 0.15) is 23.3 Å². The molecule has 266 valence electrons. The van der Waals surface area contributed by atoms with Crippen molar-refractivity contribution in [2.45, 2.75) is 125 Å². The van der Waals surface area contributed by atoms with E-state index in [4.69, 9.17) is 9.47 Å². The van der Waals surface area contributed by atoms with Gasteiger partial charge in [0.2, 0.25) is 17.6 Å². The number of ether oxygens (including phenoxy) is 2. The molecule has 1 heterocycles. The fraction of sp³-hybridized carbons (Fsp3) is 0.765. The van der Waals surface area contributed by atoms with Crippen molar-refractivity contribution < 1.29 is 38.2 Å². The number of Topliss-reactive ketones (excluding diaryl/α,β-unsaturated/α-hetero) is 1. The Morgan fingerprint density at radius 3 is 1.96 bits per heavy atom. The summed E-state index contributed by atoms with van der Waals surface area (Å²) < 4.78 is 10.6. The largest absolute Gasteiger partial charge is 0.444 e. The van der Waals surface area contributed by atoms with Crippen LogP contribution in [0.3, 0.4) is 0 Å². The second-order valence-corrected chi connectivity index (χ2v) is 16.2. The molecule has 5 amide bonds. The van der Waals surface area contributed by atoms with E-state index in [2.05, 4.69) is 27.8 Å². The van der Waals surface area contributed by atoms with Gasteiger partial charge in [0.25, 0.3) is 5.91 Å². The number of carbonyl (C=O) groups excluding carboxylic acids is 6. The van der Waals surface area contributed by atoms with Gasteiger partial charge >= 0.3 is 12.2 Å². The molecule has 2 fully saturated rings. The van der Waals surface area contributed by atoms with Crippen molar-refractivity contribution in [3.63, 3.8) is 0 Å². The minimum Gasteiger partial charge on any atom is -0.444 e. The second kappa shape index (κ2) is 15.1. The van der Waals surface area contributed by atoms with Gasteiger partial charge in [-0.25, -0.2) is 9.59 Å². The maximum absolute atomic E-state index is 14.1. The van der Waals surface area contributed by atoms with Gasteiger partial charge in [-0.2, -0.15) is 0 Å². The summed E-state index contributed by atoms with van der Waals surface area (Å²) in [4.78, 5) is 80.1. The number of fused-ring (bicyclic) bond motifs is 1. The van der Waals surface area contributed by atoms with Crippen LogP contribution in [-0.2, 0) is 28.7 Å². The van der Waals surface area contributed by atoms with E-state index in [9.17, 15) is 28.8 Å². The van der Waals surface area contributed by atoms with Crippen molar-refractivity contribution >= 4 is 35.7 Å². The van der Waals surface area contributed by atoms with E-state index in [-0.39, 0.29) is 36.8 Å². The van der Waals surface area contributed by atoms with Crippen molar-refractivity contribution in [1.82, 2.24) is 26.2 Å². The molecule has 2 aliphatic rings. The molecule has 0 bridgehead atoms. The molecule has 13 heteroatoms. The highest BCUT2D eigenvalue weighted by atomic mass is 16.6. The Morgan fingerprint density at radius 1 is 0.872 bits per heavy atom. The van der Waals surface area contributed by atoms with Gasteiger partial charge in [0.05, 0.1) is 6.04 Å². The van der Waals surface area contributed by atoms with Crippen LogP contribution >= 0.6 is 0 Å². The van der Waals surface area contributed by atoms with E-state index in [1.807, 2.05) is 34.6 Å². The molecule has 0 aromatic carbocycles. The number of nitrogens with zero attached hydrogens (tertiary/aromatic N) is 1. The first-order valence-electron chi connectivity index (χ1n) is 16.4. The maximum Gasteiger partial charge on any atom is 0.408 e. The third-order valence-electron chi connectivity index (χ3n) is 8.36. The average Bonchev–Trinajstić information content (AvgIpc) is 3.23. The third-order valence-corrected chi connectivity index (χ3v) is 8.36. The van der Waals surface area contributed by atoms with Crippen LogP contribution < -0.4 is 21.3 Å². The number of likely N-dealkylation sites (tertiary alicyclic amines) is 1. The monoisotopic (exact) mass is 663 g/mol. The highest BCUT2D eigenvalue weighted by Gasteiger charge is 2.70. The standard InChI is InChI=1S/C34H57N5O8/c1-13-14-16-21(24(40)27(42)35-17-15-18-36-29(44)46-32(5,6)7)37-26(41)23-22-20(34(22,11)12)19-39(23)28(43)25(31(2,3)4)38-30(45)47-33(8,9)10/h13,20-23,25H,1,14-19H2,2-12H3,(H,35,42)(H,36,44)(H,37,41)(H,38,45)/t20?,21?,22?,23-,25+/m0/s1. The van der Waals surface area contributed by atoms with Gasteiger partial charge in [-0.15, -0.1) is 6.58 Å². The number of ketones is 1. The van der Waals surface area contributed by atoms with Crippen LogP contribution in [0.5, 0.6) is 0 Å². The van der Waals surface area contributed by atoms with Crippen LogP contribution in [0.25, 0.3) is 0 Å². The second-order valence-electron chi connectivity index (χ2n) is 16.2. The smallest absolute Gasteiger partial charge is 0.408 e. The molecular formula is C34H57N5O8. The average molecular weight is 664 g/mol. The lowest BCUT2D eigenvalue weighted by Crippen LogP contribution is -2.60. The number of carbonyl (C=O) groups is 6. The number of piperidine rings is 1. The molecule has 3 unspecified atom stereocenters. The van der Waals surface area contributed by atoms with Crippen LogP contribution in [0.4, 0.5) is 9.59 Å². The van der Waals surface area contributed by atoms with E-state index in [0.717, 1.165) is 0 Å². The van der Waals surface area contributed by atoms with E-state index >= 15 is 0 Å². The molecule has 1 saturated carbocycles. The predicted molar refractivity (Wildman–Crippen MR) is 177 cm³/mol. The zero-order chi connectivity index (χ0) is 36.1. The lowest BCUT2D eigenvalue weighted by atomic mass is 9.85. The Hall–Kier alpha value is -3.64. The van der Waals surface area contributed by atoms with Crippen molar-refractivity contribution in [3.8, 4) is 0 Å². The summed E-state index contributed by atoms with van der Waals surface area (Å²) in [6, 6.07) is -3.02. The van der Waals surface area contributed by atoms with Crippen molar-refractivity contribution in [3.05, 3.63) is 12.7 Å². The predicted octanol–water partition coefficient (Wildman–Crippen LogP) is 3.46. The Balaban J connectivity index is 2.15. The van der Waals surface area contributed by atoms with E-state index in [1.165, 1.54) is 4.90 Å². The number of hydrogen-bond donors (Lipinski definition) is 4. The summed E-state index contributed by atoms with van der Waals surface area (Å²) in [7, 11) is 0. The van der Waals surface area contributed by atoms with Gasteiger partial charge in [0, 0.05) is 19.6 Å². The van der Waals surface area contributed by atoms with Crippen molar-refractivity contribution in [2.75, 3.05) is 19.6 Å². The summed E-state index contributed by atoms with van der Waals surface area (Å²) in [5.41, 5.74) is -2.33. The molecule has 1 saturated heterocycles. The summed E-state index contributed by atoms with van der Waals surface area (Å²) >= 11 is 0. The summed E-state index contributed by atoms with van der Waals surface area (Å²) in [5, 5.41) is 10.6. The minimum atomic E-state index is -1.14. The van der Waals surface area contributed by atoms with E-state index in [1.54, 1.807) is 47.6 Å². The summed E-state index contributed by atoms with van der Waals surface area (Å²) in [5.74, 6) is -2.73. The molecule has 0 aromatic heterocycles. The Labute approximate surface area is 279 Å². The minimum absolute atomic E-state index is 0.0595.